The SMILES string of the molecule is CCOC(=O)c1ccc(N(C)CC2CCCOC2)c(N)c1. The van der Waals surface area contributed by atoms with Gasteiger partial charge in [-0.1, -0.05) is 0 Å². The Labute approximate surface area is 126 Å². The minimum atomic E-state index is -0.334. The first-order valence-corrected chi connectivity index (χ1v) is 7.47. The Morgan fingerprint density at radius 1 is 1.52 bits per heavy atom. The molecular formula is C16H24N2O3. The Morgan fingerprint density at radius 3 is 2.95 bits per heavy atom. The molecule has 5 nitrogen and oxygen atoms in total. The molecule has 1 aliphatic heterocycles. The highest BCUT2D eigenvalue weighted by atomic mass is 16.5. The lowest BCUT2D eigenvalue weighted by atomic mass is 10.0. The second-order valence-electron chi connectivity index (χ2n) is 5.46. The van der Waals surface area contributed by atoms with E-state index in [-0.39, 0.29) is 5.97 Å². The molecule has 1 aromatic rings. The van der Waals surface area contributed by atoms with E-state index in [2.05, 4.69) is 4.90 Å². The number of nitrogen functional groups attached to an aromatic ring is 1. The lowest BCUT2D eigenvalue weighted by Crippen LogP contribution is -2.31. The number of esters is 1. The van der Waals surface area contributed by atoms with Crippen LogP contribution in [0.25, 0.3) is 0 Å². The van der Waals surface area contributed by atoms with Gasteiger partial charge in [0.1, 0.15) is 0 Å². The van der Waals surface area contributed by atoms with Crippen molar-refractivity contribution in [2.45, 2.75) is 19.8 Å². The number of carbonyl (C=O) groups excluding carboxylic acids is 1. The van der Waals surface area contributed by atoms with Crippen LogP contribution in [0.3, 0.4) is 0 Å². The summed E-state index contributed by atoms with van der Waals surface area (Å²) in [6.07, 6.45) is 2.31. The van der Waals surface area contributed by atoms with Crippen molar-refractivity contribution >= 4 is 17.3 Å². The monoisotopic (exact) mass is 292 g/mol. The van der Waals surface area contributed by atoms with E-state index in [1.54, 1.807) is 19.1 Å². The summed E-state index contributed by atoms with van der Waals surface area (Å²) in [6, 6.07) is 5.32. The van der Waals surface area contributed by atoms with Crippen LogP contribution in [-0.4, -0.2) is 39.4 Å². The fraction of sp³-hybridized carbons (Fsp3) is 0.562. The van der Waals surface area contributed by atoms with Crippen molar-refractivity contribution in [1.29, 1.82) is 0 Å². The Balaban J connectivity index is 2.03. The molecule has 1 fully saturated rings. The average molecular weight is 292 g/mol. The normalized spacial score (nSPS) is 18.3. The van der Waals surface area contributed by atoms with Crippen molar-refractivity contribution in [2.75, 3.05) is 44.0 Å². The number of carbonyl (C=O) groups is 1. The standard InChI is InChI=1S/C16H24N2O3/c1-3-21-16(19)13-6-7-15(14(17)9-13)18(2)10-12-5-4-8-20-11-12/h6-7,9,12H,3-5,8,10-11,17H2,1-2H3. The molecule has 0 radical (unpaired) electrons. The van der Waals surface area contributed by atoms with Crippen molar-refractivity contribution in [3.05, 3.63) is 23.8 Å². The number of nitrogens with zero attached hydrogens (tertiary/aromatic N) is 1. The van der Waals surface area contributed by atoms with Gasteiger partial charge in [-0.3, -0.25) is 0 Å². The van der Waals surface area contributed by atoms with Crippen LogP contribution in [0.4, 0.5) is 11.4 Å². The second kappa shape index (κ2) is 7.31. The molecule has 0 amide bonds. The first-order chi connectivity index (χ1) is 10.1. The van der Waals surface area contributed by atoms with Crippen LogP contribution in [0, 0.1) is 5.92 Å². The van der Waals surface area contributed by atoms with Gasteiger partial charge >= 0.3 is 5.97 Å². The second-order valence-corrected chi connectivity index (χ2v) is 5.46. The Morgan fingerprint density at radius 2 is 2.33 bits per heavy atom. The van der Waals surface area contributed by atoms with Crippen molar-refractivity contribution in [1.82, 2.24) is 0 Å². The van der Waals surface area contributed by atoms with E-state index in [0.717, 1.165) is 31.9 Å². The zero-order valence-electron chi connectivity index (χ0n) is 12.8. The van der Waals surface area contributed by atoms with Crippen molar-refractivity contribution < 1.29 is 14.3 Å². The van der Waals surface area contributed by atoms with Gasteiger partial charge in [0, 0.05) is 20.2 Å². The smallest absolute Gasteiger partial charge is 0.338 e. The summed E-state index contributed by atoms with van der Waals surface area (Å²) in [7, 11) is 2.02. The molecule has 2 N–H and O–H groups in total. The molecule has 0 bridgehead atoms. The molecule has 1 atom stereocenters. The van der Waals surface area contributed by atoms with Gasteiger partial charge < -0.3 is 20.1 Å². The Bertz CT molecular complexity index is 484. The molecule has 0 spiro atoms. The van der Waals surface area contributed by atoms with Gasteiger partial charge in [-0.25, -0.2) is 4.79 Å². The molecule has 0 saturated carbocycles. The van der Waals surface area contributed by atoms with Crippen molar-refractivity contribution in [2.24, 2.45) is 5.92 Å². The van der Waals surface area contributed by atoms with Crippen LogP contribution in [0.5, 0.6) is 0 Å². The quantitative estimate of drug-likeness (QED) is 0.666. The predicted molar refractivity (Wildman–Crippen MR) is 83.6 cm³/mol. The first-order valence-electron chi connectivity index (χ1n) is 7.47. The summed E-state index contributed by atoms with van der Waals surface area (Å²) in [6.45, 7) is 4.74. The average Bonchev–Trinajstić information content (AvgIpc) is 2.48. The molecule has 21 heavy (non-hydrogen) atoms. The third-order valence-electron chi connectivity index (χ3n) is 3.74. The molecule has 1 unspecified atom stereocenters. The van der Waals surface area contributed by atoms with Crippen LogP contribution in [-0.2, 0) is 9.47 Å². The summed E-state index contributed by atoms with van der Waals surface area (Å²) in [5.74, 6) is 0.201. The van der Waals surface area contributed by atoms with Gasteiger partial charge in [-0.2, -0.15) is 0 Å². The minimum absolute atomic E-state index is 0.334. The molecule has 0 aromatic heterocycles. The lowest BCUT2D eigenvalue weighted by molar-refractivity contribution is 0.0526. The largest absolute Gasteiger partial charge is 0.462 e. The van der Waals surface area contributed by atoms with Gasteiger partial charge in [-0.15, -0.1) is 0 Å². The summed E-state index contributed by atoms with van der Waals surface area (Å²) < 4.78 is 10.5. The number of nitrogens with two attached hydrogens (primary N) is 1. The first kappa shape index (κ1) is 15.6. The third-order valence-corrected chi connectivity index (χ3v) is 3.74. The molecule has 2 rings (SSSR count). The van der Waals surface area contributed by atoms with E-state index in [1.165, 1.54) is 6.42 Å². The maximum Gasteiger partial charge on any atom is 0.338 e. The van der Waals surface area contributed by atoms with Gasteiger partial charge in [0.05, 0.1) is 30.2 Å². The molecular weight excluding hydrogens is 268 g/mol. The number of hydrogen-bond acceptors (Lipinski definition) is 5. The van der Waals surface area contributed by atoms with E-state index >= 15 is 0 Å². The van der Waals surface area contributed by atoms with Gasteiger partial charge in [-0.05, 0) is 43.9 Å². The van der Waals surface area contributed by atoms with Crippen molar-refractivity contribution in [3.63, 3.8) is 0 Å². The fourth-order valence-corrected chi connectivity index (χ4v) is 2.68. The zero-order valence-corrected chi connectivity index (χ0v) is 12.8. The van der Waals surface area contributed by atoms with Crippen LogP contribution >= 0.6 is 0 Å². The predicted octanol–water partition coefficient (Wildman–Crippen LogP) is 2.31. The van der Waals surface area contributed by atoms with E-state index in [9.17, 15) is 4.79 Å². The fourth-order valence-electron chi connectivity index (χ4n) is 2.68. The number of anilines is 2. The van der Waals surface area contributed by atoms with E-state index in [4.69, 9.17) is 15.2 Å². The molecule has 1 aliphatic rings. The van der Waals surface area contributed by atoms with Gasteiger partial charge in [0.25, 0.3) is 0 Å². The highest BCUT2D eigenvalue weighted by Crippen LogP contribution is 2.26. The van der Waals surface area contributed by atoms with Crippen molar-refractivity contribution in [3.8, 4) is 0 Å². The molecule has 1 aromatic carbocycles. The topological polar surface area (TPSA) is 64.8 Å². The highest BCUT2D eigenvalue weighted by molar-refractivity contribution is 5.92. The van der Waals surface area contributed by atoms with Crippen LogP contribution < -0.4 is 10.6 Å². The van der Waals surface area contributed by atoms with Crippen LogP contribution in [0.1, 0.15) is 30.1 Å². The summed E-state index contributed by atoms with van der Waals surface area (Å²) in [5.41, 5.74) is 8.11. The number of ether oxygens (including phenoxy) is 2. The maximum atomic E-state index is 11.7. The van der Waals surface area contributed by atoms with E-state index in [0.29, 0.717) is 23.8 Å². The summed E-state index contributed by atoms with van der Waals surface area (Å²) >= 11 is 0. The van der Waals surface area contributed by atoms with Gasteiger partial charge in [0.15, 0.2) is 0 Å². The number of hydrogen-bond donors (Lipinski definition) is 1. The van der Waals surface area contributed by atoms with Crippen LogP contribution in [0.2, 0.25) is 0 Å². The third kappa shape index (κ3) is 4.11. The maximum absolute atomic E-state index is 11.7. The molecule has 1 heterocycles. The number of rotatable bonds is 5. The van der Waals surface area contributed by atoms with E-state index < -0.39 is 0 Å². The van der Waals surface area contributed by atoms with E-state index in [1.807, 2.05) is 13.1 Å². The minimum Gasteiger partial charge on any atom is -0.462 e. The molecule has 116 valence electrons. The Hall–Kier alpha value is -1.75. The number of benzene rings is 1. The van der Waals surface area contributed by atoms with Gasteiger partial charge in [0.2, 0.25) is 0 Å². The zero-order chi connectivity index (χ0) is 15.2. The lowest BCUT2D eigenvalue weighted by Gasteiger charge is -2.29. The summed E-state index contributed by atoms with van der Waals surface area (Å²) in [5, 5.41) is 0. The molecule has 0 aliphatic carbocycles. The van der Waals surface area contributed by atoms with Crippen LogP contribution in [0.15, 0.2) is 18.2 Å². The molecule has 1 saturated heterocycles. The summed E-state index contributed by atoms with van der Waals surface area (Å²) in [4.78, 5) is 13.8. The molecule has 5 heteroatoms. The Kier molecular flexibility index (Phi) is 5.44. The highest BCUT2D eigenvalue weighted by Gasteiger charge is 2.18.